The Morgan fingerprint density at radius 3 is 2.65 bits per heavy atom. The van der Waals surface area contributed by atoms with Crippen LogP contribution in [0.15, 0.2) is 30.6 Å². The predicted molar refractivity (Wildman–Crippen MR) is 126 cm³/mol. The number of carbonyl (C=O) groups is 1. The fraction of sp³-hybridized carbons (Fsp3) is 0.538. The van der Waals surface area contributed by atoms with Crippen molar-refractivity contribution < 1.29 is 13.6 Å². The zero-order valence-electron chi connectivity index (χ0n) is 19.6. The number of rotatable bonds is 6. The minimum absolute atomic E-state index is 0.0397. The van der Waals surface area contributed by atoms with E-state index in [-0.39, 0.29) is 43.8 Å². The Hall–Kier alpha value is -2.74. The molecular weight excluding hydrogens is 436 g/mol. The molecular formula is C26H31F2N5O. The van der Waals surface area contributed by atoms with E-state index >= 15 is 0 Å². The summed E-state index contributed by atoms with van der Waals surface area (Å²) >= 11 is 0. The van der Waals surface area contributed by atoms with Gasteiger partial charge in [-0.05, 0) is 50.4 Å². The smallest absolute Gasteiger partial charge is 0.248 e. The number of alkyl halides is 2. The number of piperidine rings is 1. The van der Waals surface area contributed by atoms with Crippen molar-refractivity contribution in [2.24, 2.45) is 13.0 Å². The van der Waals surface area contributed by atoms with Crippen LogP contribution in [0.25, 0.3) is 22.0 Å². The first-order chi connectivity index (χ1) is 16.4. The summed E-state index contributed by atoms with van der Waals surface area (Å²) in [5, 5.41) is 5.42. The normalized spacial score (nSPS) is 19.5. The van der Waals surface area contributed by atoms with E-state index < -0.39 is 5.92 Å². The van der Waals surface area contributed by atoms with E-state index in [1.165, 1.54) is 25.0 Å². The number of nitrogens with zero attached hydrogens (tertiary/aromatic N) is 5. The highest BCUT2D eigenvalue weighted by molar-refractivity contribution is 5.86. The van der Waals surface area contributed by atoms with Crippen molar-refractivity contribution in [3.05, 3.63) is 42.1 Å². The molecule has 8 heteroatoms. The molecule has 5 rings (SSSR count). The second kappa shape index (κ2) is 9.49. The van der Waals surface area contributed by atoms with Gasteiger partial charge in [0.05, 0.1) is 23.8 Å². The topological polar surface area (TPSA) is 63.9 Å². The number of halogens is 2. The fourth-order valence-corrected chi connectivity index (χ4v) is 5.20. The molecule has 3 heterocycles. The summed E-state index contributed by atoms with van der Waals surface area (Å²) in [6, 6.07) is 6.09. The molecule has 2 aliphatic rings. The summed E-state index contributed by atoms with van der Waals surface area (Å²) in [7, 11) is 1.98. The van der Waals surface area contributed by atoms with Crippen LogP contribution in [0.5, 0.6) is 0 Å². The largest absolute Gasteiger partial charge is 0.299 e. The zero-order valence-corrected chi connectivity index (χ0v) is 19.6. The van der Waals surface area contributed by atoms with Crippen molar-refractivity contribution in [2.45, 2.75) is 63.8 Å². The van der Waals surface area contributed by atoms with Crippen LogP contribution < -0.4 is 0 Å². The van der Waals surface area contributed by atoms with Gasteiger partial charge in [-0.15, -0.1) is 0 Å². The molecule has 0 radical (unpaired) electrons. The number of carbonyl (C=O) groups excluding carboxylic acids is 1. The Morgan fingerprint density at radius 1 is 1.12 bits per heavy atom. The number of fused-ring (bicyclic) bond motifs is 1. The SMILES string of the molecule is Cn1ncc(-c2ccc3cnc(CC(=O)C4CCC(F)(F)CC4)nc3c2)c1CN1CCCCC1. The van der Waals surface area contributed by atoms with E-state index in [0.29, 0.717) is 5.82 Å². The van der Waals surface area contributed by atoms with Crippen LogP contribution in [0.1, 0.15) is 56.5 Å². The summed E-state index contributed by atoms with van der Waals surface area (Å²) in [4.78, 5) is 24.2. The van der Waals surface area contributed by atoms with E-state index in [1.54, 1.807) is 6.20 Å². The molecule has 0 N–H and O–H groups in total. The molecule has 3 aromatic rings. The monoisotopic (exact) mass is 467 g/mol. The lowest BCUT2D eigenvalue weighted by molar-refractivity contribution is -0.126. The molecule has 1 saturated heterocycles. The summed E-state index contributed by atoms with van der Waals surface area (Å²) in [6.45, 7) is 3.10. The van der Waals surface area contributed by atoms with Crippen LogP contribution in [-0.4, -0.2) is 49.4 Å². The fourth-order valence-electron chi connectivity index (χ4n) is 5.20. The van der Waals surface area contributed by atoms with Gasteiger partial charge in [0, 0.05) is 49.5 Å². The van der Waals surface area contributed by atoms with Crippen molar-refractivity contribution in [3.8, 4) is 11.1 Å². The van der Waals surface area contributed by atoms with E-state index in [4.69, 9.17) is 0 Å². The summed E-state index contributed by atoms with van der Waals surface area (Å²) in [6.07, 6.45) is 7.57. The molecule has 0 bridgehead atoms. The quantitative estimate of drug-likeness (QED) is 0.513. The molecule has 2 aromatic heterocycles. The second-order valence-electron chi connectivity index (χ2n) is 9.80. The lowest BCUT2D eigenvalue weighted by atomic mass is 9.83. The first-order valence-corrected chi connectivity index (χ1v) is 12.3. The van der Waals surface area contributed by atoms with Gasteiger partial charge < -0.3 is 0 Å². The summed E-state index contributed by atoms with van der Waals surface area (Å²) in [5.74, 6) is -2.54. The Labute approximate surface area is 198 Å². The first kappa shape index (κ1) is 23.0. The highest BCUT2D eigenvalue weighted by Crippen LogP contribution is 2.36. The number of Topliss-reactive ketones (excluding diaryl/α,β-unsaturated/α-hetero) is 1. The van der Waals surface area contributed by atoms with Crippen LogP contribution in [0, 0.1) is 5.92 Å². The highest BCUT2D eigenvalue weighted by atomic mass is 19.3. The van der Waals surface area contributed by atoms with Gasteiger partial charge in [-0.25, -0.2) is 18.7 Å². The standard InChI is InChI=1S/C26H31F2N5O/c1-32-23(17-33-11-3-2-4-12-33)21(16-30-32)19-5-6-20-15-29-25(31-22(20)13-19)14-24(34)18-7-9-26(27,28)10-8-18/h5-6,13,15-16,18H,2-4,7-12,14,17H2,1H3. The molecule has 34 heavy (non-hydrogen) atoms. The van der Waals surface area contributed by atoms with Gasteiger partial charge in [-0.2, -0.15) is 5.10 Å². The van der Waals surface area contributed by atoms with Crippen LogP contribution in [0.2, 0.25) is 0 Å². The summed E-state index contributed by atoms with van der Waals surface area (Å²) in [5.41, 5.74) is 4.09. The van der Waals surface area contributed by atoms with Crippen LogP contribution >= 0.6 is 0 Å². The van der Waals surface area contributed by atoms with Crippen molar-refractivity contribution in [1.29, 1.82) is 0 Å². The van der Waals surface area contributed by atoms with Crippen molar-refractivity contribution in [3.63, 3.8) is 0 Å². The number of benzene rings is 1. The van der Waals surface area contributed by atoms with Crippen molar-refractivity contribution in [1.82, 2.24) is 24.6 Å². The van der Waals surface area contributed by atoms with Gasteiger partial charge in [0.1, 0.15) is 11.6 Å². The van der Waals surface area contributed by atoms with E-state index in [9.17, 15) is 13.6 Å². The molecule has 2 fully saturated rings. The number of aromatic nitrogens is 4. The molecule has 1 aromatic carbocycles. The predicted octanol–water partition coefficient (Wildman–Crippen LogP) is 4.95. The maximum atomic E-state index is 13.4. The van der Waals surface area contributed by atoms with Gasteiger partial charge in [0.25, 0.3) is 0 Å². The Morgan fingerprint density at radius 2 is 1.88 bits per heavy atom. The van der Waals surface area contributed by atoms with E-state index in [2.05, 4.69) is 26.0 Å². The average molecular weight is 468 g/mol. The second-order valence-corrected chi connectivity index (χ2v) is 9.80. The van der Waals surface area contributed by atoms with E-state index in [1.807, 2.05) is 30.1 Å². The molecule has 180 valence electrons. The molecule has 0 unspecified atom stereocenters. The average Bonchev–Trinajstić information content (AvgIpc) is 3.19. The molecule has 6 nitrogen and oxygen atoms in total. The third-order valence-corrected chi connectivity index (χ3v) is 7.33. The van der Waals surface area contributed by atoms with Gasteiger partial charge >= 0.3 is 0 Å². The third-order valence-electron chi connectivity index (χ3n) is 7.33. The number of hydrogen-bond donors (Lipinski definition) is 0. The number of likely N-dealkylation sites (tertiary alicyclic amines) is 1. The minimum Gasteiger partial charge on any atom is -0.299 e. The third kappa shape index (κ3) is 5.02. The Balaban J connectivity index is 1.35. The lowest BCUT2D eigenvalue weighted by Crippen LogP contribution is -2.30. The minimum atomic E-state index is -2.63. The Bertz CT molecular complexity index is 1180. The molecule has 1 aliphatic carbocycles. The molecule has 0 atom stereocenters. The molecule has 0 spiro atoms. The maximum absolute atomic E-state index is 13.4. The number of aryl methyl sites for hydroxylation is 1. The highest BCUT2D eigenvalue weighted by Gasteiger charge is 2.37. The van der Waals surface area contributed by atoms with Crippen LogP contribution in [0.4, 0.5) is 8.78 Å². The van der Waals surface area contributed by atoms with Gasteiger partial charge in [-0.3, -0.25) is 14.4 Å². The molecule has 0 amide bonds. The van der Waals surface area contributed by atoms with E-state index in [0.717, 1.165) is 41.7 Å². The van der Waals surface area contributed by atoms with Gasteiger partial charge in [-0.1, -0.05) is 18.6 Å². The van der Waals surface area contributed by atoms with Gasteiger partial charge in [0.15, 0.2) is 0 Å². The number of hydrogen-bond acceptors (Lipinski definition) is 5. The lowest BCUT2D eigenvalue weighted by Gasteiger charge is -2.27. The molecule has 1 saturated carbocycles. The molecule has 1 aliphatic heterocycles. The van der Waals surface area contributed by atoms with Crippen molar-refractivity contribution >= 4 is 16.7 Å². The maximum Gasteiger partial charge on any atom is 0.248 e. The summed E-state index contributed by atoms with van der Waals surface area (Å²) < 4.78 is 28.8. The van der Waals surface area contributed by atoms with Crippen LogP contribution in [-0.2, 0) is 24.8 Å². The Kier molecular flexibility index (Phi) is 6.42. The first-order valence-electron chi connectivity index (χ1n) is 12.3. The van der Waals surface area contributed by atoms with Crippen molar-refractivity contribution in [2.75, 3.05) is 13.1 Å². The van der Waals surface area contributed by atoms with Gasteiger partial charge in [0.2, 0.25) is 5.92 Å². The zero-order chi connectivity index (χ0) is 23.7. The van der Waals surface area contributed by atoms with Crippen LogP contribution in [0.3, 0.4) is 0 Å². The number of ketones is 1.